The number of nitrogens with one attached hydrogen (secondary N) is 2. The van der Waals surface area contributed by atoms with E-state index in [1.807, 2.05) is 67.8 Å². The van der Waals surface area contributed by atoms with Crippen LogP contribution in [-0.4, -0.2) is 23.2 Å². The van der Waals surface area contributed by atoms with E-state index in [1.165, 1.54) is 18.3 Å². The van der Waals surface area contributed by atoms with E-state index >= 15 is 0 Å². The molecule has 7 heteroatoms. The van der Waals surface area contributed by atoms with Crippen LogP contribution >= 0.6 is 11.3 Å². The average Bonchev–Trinajstić information content (AvgIpc) is 3.12. The van der Waals surface area contributed by atoms with Crippen LogP contribution < -0.4 is 15.5 Å². The SMILES string of the molecule is CC(=O)Nc1ccc(-c2csc(N/N=C\c3ccc(OC(C)C)cc3)n2)cc1. The Bertz CT molecular complexity index is 947. The Morgan fingerprint density at radius 2 is 1.86 bits per heavy atom. The lowest BCUT2D eigenvalue weighted by atomic mass is 10.1. The highest BCUT2D eigenvalue weighted by atomic mass is 32.1. The van der Waals surface area contributed by atoms with Gasteiger partial charge in [-0.2, -0.15) is 5.10 Å². The Morgan fingerprint density at radius 1 is 1.14 bits per heavy atom. The third-order valence-corrected chi connectivity index (χ3v) is 4.38. The van der Waals surface area contributed by atoms with Gasteiger partial charge in [-0.05, 0) is 55.8 Å². The van der Waals surface area contributed by atoms with Crippen LogP contribution in [0.3, 0.4) is 0 Å². The van der Waals surface area contributed by atoms with Crippen LogP contribution in [0, 0.1) is 0 Å². The molecule has 0 spiro atoms. The summed E-state index contributed by atoms with van der Waals surface area (Å²) in [6.45, 7) is 5.48. The molecule has 0 fully saturated rings. The van der Waals surface area contributed by atoms with Crippen LogP contribution in [0.4, 0.5) is 10.8 Å². The molecule has 144 valence electrons. The second-order valence-electron chi connectivity index (χ2n) is 6.40. The maximum absolute atomic E-state index is 11.1. The number of amides is 1. The second kappa shape index (κ2) is 9.14. The summed E-state index contributed by atoms with van der Waals surface area (Å²) in [6, 6.07) is 15.3. The number of hydrogen-bond donors (Lipinski definition) is 2. The molecule has 0 aliphatic rings. The van der Waals surface area contributed by atoms with Gasteiger partial charge in [-0.3, -0.25) is 10.2 Å². The van der Waals surface area contributed by atoms with Crippen molar-refractivity contribution in [3.8, 4) is 17.0 Å². The first kappa shape index (κ1) is 19.6. The van der Waals surface area contributed by atoms with Crippen LogP contribution in [0.1, 0.15) is 26.3 Å². The minimum Gasteiger partial charge on any atom is -0.491 e. The topological polar surface area (TPSA) is 75.6 Å². The number of ether oxygens (including phenoxy) is 1. The Hall–Kier alpha value is -3.19. The van der Waals surface area contributed by atoms with Gasteiger partial charge in [0.15, 0.2) is 0 Å². The molecule has 0 aliphatic carbocycles. The fraction of sp³-hybridized carbons (Fsp3) is 0.190. The van der Waals surface area contributed by atoms with E-state index in [0.29, 0.717) is 5.13 Å². The molecule has 0 radical (unpaired) electrons. The van der Waals surface area contributed by atoms with Crippen LogP contribution in [0.25, 0.3) is 11.3 Å². The molecule has 2 aromatic carbocycles. The summed E-state index contributed by atoms with van der Waals surface area (Å²) in [5.41, 5.74) is 6.52. The van der Waals surface area contributed by atoms with Crippen molar-refractivity contribution < 1.29 is 9.53 Å². The molecule has 0 bridgehead atoms. The van der Waals surface area contributed by atoms with Gasteiger partial charge in [0.1, 0.15) is 5.75 Å². The molecule has 6 nitrogen and oxygen atoms in total. The molecule has 1 heterocycles. The van der Waals surface area contributed by atoms with E-state index in [9.17, 15) is 4.79 Å². The summed E-state index contributed by atoms with van der Waals surface area (Å²) < 4.78 is 5.62. The van der Waals surface area contributed by atoms with Gasteiger partial charge < -0.3 is 10.1 Å². The number of anilines is 2. The lowest BCUT2D eigenvalue weighted by Crippen LogP contribution is -2.05. The summed E-state index contributed by atoms with van der Waals surface area (Å²) in [4.78, 5) is 15.6. The second-order valence-corrected chi connectivity index (χ2v) is 7.26. The van der Waals surface area contributed by atoms with Crippen LogP contribution in [0.5, 0.6) is 5.75 Å². The molecule has 28 heavy (non-hydrogen) atoms. The molecule has 0 atom stereocenters. The minimum absolute atomic E-state index is 0.0900. The highest BCUT2D eigenvalue weighted by Crippen LogP contribution is 2.26. The first-order valence-electron chi connectivity index (χ1n) is 8.89. The Morgan fingerprint density at radius 3 is 2.50 bits per heavy atom. The summed E-state index contributed by atoms with van der Waals surface area (Å²) in [5.74, 6) is 0.752. The first-order valence-corrected chi connectivity index (χ1v) is 9.77. The summed E-state index contributed by atoms with van der Waals surface area (Å²) in [7, 11) is 0. The van der Waals surface area contributed by atoms with Gasteiger partial charge in [0.25, 0.3) is 0 Å². The van der Waals surface area contributed by atoms with Crippen molar-refractivity contribution in [3.05, 3.63) is 59.5 Å². The molecular weight excluding hydrogens is 372 g/mol. The predicted octanol–water partition coefficient (Wildman–Crippen LogP) is 5.00. The van der Waals surface area contributed by atoms with Crippen molar-refractivity contribution in [1.29, 1.82) is 0 Å². The first-order chi connectivity index (χ1) is 13.5. The standard InChI is InChI=1S/C21H22N4O2S/c1-14(2)27-19-10-4-16(5-11-19)12-22-25-21-24-20(13-28-21)17-6-8-18(9-7-17)23-15(3)26/h4-14H,1-3H3,(H,23,26)(H,24,25)/b22-12-. The van der Waals surface area contributed by atoms with E-state index in [4.69, 9.17) is 4.74 Å². The minimum atomic E-state index is -0.0900. The van der Waals surface area contributed by atoms with E-state index < -0.39 is 0 Å². The van der Waals surface area contributed by atoms with Crippen molar-refractivity contribution >= 4 is 34.3 Å². The average molecular weight is 395 g/mol. The third-order valence-electron chi connectivity index (χ3n) is 3.63. The fourth-order valence-corrected chi connectivity index (χ4v) is 3.12. The van der Waals surface area contributed by atoms with E-state index in [1.54, 1.807) is 6.21 Å². The number of benzene rings is 2. The van der Waals surface area contributed by atoms with Crippen molar-refractivity contribution in [2.45, 2.75) is 26.9 Å². The molecule has 1 aromatic heterocycles. The van der Waals surface area contributed by atoms with Gasteiger partial charge in [0.05, 0.1) is 18.0 Å². The Balaban J connectivity index is 1.58. The van der Waals surface area contributed by atoms with Crippen molar-refractivity contribution in [1.82, 2.24) is 4.98 Å². The van der Waals surface area contributed by atoms with Crippen molar-refractivity contribution in [2.75, 3.05) is 10.7 Å². The van der Waals surface area contributed by atoms with Crippen LogP contribution in [0.15, 0.2) is 59.0 Å². The monoisotopic (exact) mass is 394 g/mol. The van der Waals surface area contributed by atoms with Gasteiger partial charge in [-0.1, -0.05) is 12.1 Å². The molecule has 0 aliphatic heterocycles. The number of carbonyl (C=O) groups is 1. The van der Waals surface area contributed by atoms with Gasteiger partial charge in [0, 0.05) is 23.6 Å². The van der Waals surface area contributed by atoms with Crippen molar-refractivity contribution in [2.24, 2.45) is 5.10 Å². The number of rotatable bonds is 7. The number of carbonyl (C=O) groups excluding carboxylic acids is 1. The zero-order valence-electron chi connectivity index (χ0n) is 16.0. The zero-order chi connectivity index (χ0) is 19.9. The van der Waals surface area contributed by atoms with Gasteiger partial charge >= 0.3 is 0 Å². The van der Waals surface area contributed by atoms with Gasteiger partial charge in [-0.25, -0.2) is 4.98 Å². The molecule has 0 saturated heterocycles. The number of nitrogens with zero attached hydrogens (tertiary/aromatic N) is 2. The quantitative estimate of drug-likeness (QED) is 0.437. The molecule has 3 rings (SSSR count). The Kier molecular flexibility index (Phi) is 6.39. The zero-order valence-corrected chi connectivity index (χ0v) is 16.8. The van der Waals surface area contributed by atoms with E-state index in [0.717, 1.165) is 28.3 Å². The number of aromatic nitrogens is 1. The van der Waals surface area contributed by atoms with E-state index in [-0.39, 0.29) is 12.0 Å². The largest absolute Gasteiger partial charge is 0.491 e. The normalized spacial score (nSPS) is 11.0. The predicted molar refractivity (Wildman–Crippen MR) is 115 cm³/mol. The molecule has 0 unspecified atom stereocenters. The third kappa shape index (κ3) is 5.65. The molecule has 1 amide bonds. The smallest absolute Gasteiger partial charge is 0.221 e. The van der Waals surface area contributed by atoms with Crippen LogP contribution in [-0.2, 0) is 4.79 Å². The van der Waals surface area contributed by atoms with E-state index in [2.05, 4.69) is 20.8 Å². The summed E-state index contributed by atoms with van der Waals surface area (Å²) in [6.07, 6.45) is 1.89. The number of hydrazone groups is 1. The molecule has 2 N–H and O–H groups in total. The van der Waals surface area contributed by atoms with Gasteiger partial charge in [-0.15, -0.1) is 11.3 Å². The highest BCUT2D eigenvalue weighted by Gasteiger charge is 2.04. The number of thiazole rings is 1. The van der Waals surface area contributed by atoms with Crippen molar-refractivity contribution in [3.63, 3.8) is 0 Å². The highest BCUT2D eigenvalue weighted by molar-refractivity contribution is 7.14. The maximum atomic E-state index is 11.1. The number of hydrogen-bond acceptors (Lipinski definition) is 6. The fourth-order valence-electron chi connectivity index (χ4n) is 2.45. The lowest BCUT2D eigenvalue weighted by Gasteiger charge is -2.08. The molecule has 3 aromatic rings. The van der Waals surface area contributed by atoms with Crippen LogP contribution in [0.2, 0.25) is 0 Å². The Labute approximate surface area is 168 Å². The summed E-state index contributed by atoms with van der Waals surface area (Å²) in [5, 5.41) is 9.66. The lowest BCUT2D eigenvalue weighted by molar-refractivity contribution is -0.114. The molecule has 0 saturated carbocycles. The summed E-state index contributed by atoms with van der Waals surface area (Å²) >= 11 is 1.48. The van der Waals surface area contributed by atoms with Gasteiger partial charge in [0.2, 0.25) is 11.0 Å². The maximum Gasteiger partial charge on any atom is 0.221 e. The molecular formula is C21H22N4O2S.